The molecule has 33 heavy (non-hydrogen) atoms. The average molecular weight is 480 g/mol. The van der Waals surface area contributed by atoms with Crippen molar-refractivity contribution in [2.24, 2.45) is 7.05 Å². The van der Waals surface area contributed by atoms with Crippen molar-refractivity contribution in [3.05, 3.63) is 42.0 Å². The highest BCUT2D eigenvalue weighted by atomic mass is 32.2. The number of carbonyl (C=O) groups excluding carboxylic acids is 2. The minimum atomic E-state index is -4.12. The Kier molecular flexibility index (Phi) is 7.84. The van der Waals surface area contributed by atoms with Crippen LogP contribution in [0.2, 0.25) is 0 Å². The van der Waals surface area contributed by atoms with Crippen LogP contribution in [0, 0.1) is 6.92 Å². The first-order chi connectivity index (χ1) is 15.7. The Hall–Kier alpha value is -2.80. The van der Waals surface area contributed by atoms with Crippen LogP contribution in [0.5, 0.6) is 0 Å². The lowest BCUT2D eigenvalue weighted by Crippen LogP contribution is -2.47. The fourth-order valence-electron chi connectivity index (χ4n) is 3.70. The Labute approximate surface area is 192 Å². The van der Waals surface area contributed by atoms with Crippen molar-refractivity contribution in [3.8, 4) is 0 Å². The second-order valence-corrected chi connectivity index (χ2v) is 9.48. The van der Waals surface area contributed by atoms with Crippen molar-refractivity contribution in [3.63, 3.8) is 0 Å². The number of aromatic nitrogens is 2. The van der Waals surface area contributed by atoms with E-state index in [0.717, 1.165) is 5.82 Å². The summed E-state index contributed by atoms with van der Waals surface area (Å²) in [5, 5.41) is 12.5. The first kappa shape index (κ1) is 24.8. The van der Waals surface area contributed by atoms with Crippen LogP contribution in [0.15, 0.2) is 35.5 Å². The second kappa shape index (κ2) is 10.4. The van der Waals surface area contributed by atoms with Gasteiger partial charge in [-0.15, -0.1) is 0 Å². The molecule has 0 saturated carbocycles. The maximum Gasteiger partial charge on any atom is 0.325 e. The Bertz CT molecular complexity index is 1120. The maximum atomic E-state index is 13.1. The Balaban J connectivity index is 1.74. The van der Waals surface area contributed by atoms with Crippen LogP contribution in [-0.4, -0.2) is 73.8 Å². The fraction of sp³-hybridized carbons (Fsp3) is 0.476. The number of esters is 1. The van der Waals surface area contributed by atoms with E-state index in [4.69, 9.17) is 4.74 Å². The topological polar surface area (TPSA) is 143 Å². The highest BCUT2D eigenvalue weighted by Gasteiger charge is 2.33. The summed E-state index contributed by atoms with van der Waals surface area (Å²) in [6, 6.07) is 3.40. The Morgan fingerprint density at radius 1 is 1.39 bits per heavy atom. The summed E-state index contributed by atoms with van der Waals surface area (Å²) >= 11 is 0. The van der Waals surface area contributed by atoms with Crippen molar-refractivity contribution in [1.29, 1.82) is 0 Å². The van der Waals surface area contributed by atoms with E-state index in [1.807, 2.05) is 11.6 Å². The zero-order chi connectivity index (χ0) is 24.2. The van der Waals surface area contributed by atoms with Crippen molar-refractivity contribution < 1.29 is 27.9 Å². The molecular formula is C21H29N5O6S. The molecule has 2 atom stereocenters. The number of hydrogen-bond donors (Lipinski definition) is 3. The van der Waals surface area contributed by atoms with Gasteiger partial charge in [-0.05, 0) is 31.7 Å². The van der Waals surface area contributed by atoms with E-state index < -0.39 is 34.0 Å². The highest BCUT2D eigenvalue weighted by molar-refractivity contribution is 7.89. The first-order valence-corrected chi connectivity index (χ1v) is 12.0. The molecule has 11 nitrogen and oxygen atoms in total. The normalized spacial score (nSPS) is 17.4. The standard InChI is InChI=1S/C21H29N5O6S/c1-14-16(26-10-7-17(27)20(26)28)5-4-6-18(14)33(30,31)24-15(13-22-2)21(29)32-12-8-19-23-9-11-25(19)3/h4-6,9,11,15,17,22,24,27H,7-8,10,12-13H2,1-3H3/t15-,17?/m0/s1. The molecule has 1 aliphatic heterocycles. The van der Waals surface area contributed by atoms with E-state index in [1.54, 1.807) is 32.4 Å². The zero-order valence-corrected chi connectivity index (χ0v) is 19.6. The average Bonchev–Trinajstić information content (AvgIpc) is 3.32. The molecule has 0 aliphatic carbocycles. The third-order valence-corrected chi connectivity index (χ3v) is 7.11. The summed E-state index contributed by atoms with van der Waals surface area (Å²) < 4.78 is 35.8. The number of amides is 1. The molecule has 1 aromatic heterocycles. The van der Waals surface area contributed by atoms with Crippen LogP contribution in [0.1, 0.15) is 17.8 Å². The van der Waals surface area contributed by atoms with Crippen molar-refractivity contribution in [2.75, 3.05) is 31.6 Å². The van der Waals surface area contributed by atoms with Crippen LogP contribution >= 0.6 is 0 Å². The van der Waals surface area contributed by atoms with E-state index in [2.05, 4.69) is 15.0 Å². The number of aliphatic hydroxyl groups is 1. The fourth-order valence-corrected chi connectivity index (χ4v) is 5.15. The number of nitrogens with one attached hydrogen (secondary N) is 2. The van der Waals surface area contributed by atoms with Crippen LogP contribution < -0.4 is 14.9 Å². The third kappa shape index (κ3) is 5.58. The van der Waals surface area contributed by atoms with Crippen LogP contribution in [0.25, 0.3) is 0 Å². The highest BCUT2D eigenvalue weighted by Crippen LogP contribution is 2.29. The number of nitrogens with zero attached hydrogens (tertiary/aromatic N) is 3. The molecule has 1 aromatic carbocycles. The van der Waals surface area contributed by atoms with Crippen molar-refractivity contribution >= 4 is 27.6 Å². The Morgan fingerprint density at radius 3 is 2.76 bits per heavy atom. The van der Waals surface area contributed by atoms with Crippen molar-refractivity contribution in [2.45, 2.75) is 36.8 Å². The van der Waals surface area contributed by atoms with Gasteiger partial charge < -0.3 is 24.6 Å². The van der Waals surface area contributed by atoms with Gasteiger partial charge in [0.25, 0.3) is 5.91 Å². The SMILES string of the molecule is CNC[C@H](NS(=O)(=O)c1cccc(N2CCC(O)C2=O)c1C)C(=O)OCCc1nccn1C. The molecule has 1 amide bonds. The summed E-state index contributed by atoms with van der Waals surface area (Å²) in [6.07, 6.45) is 3.00. The molecule has 0 radical (unpaired) electrons. The smallest absolute Gasteiger partial charge is 0.325 e. The van der Waals surface area contributed by atoms with Gasteiger partial charge in [0.1, 0.15) is 18.0 Å². The molecule has 2 aromatic rings. The van der Waals surface area contributed by atoms with Gasteiger partial charge >= 0.3 is 5.97 Å². The number of hydrogen-bond acceptors (Lipinski definition) is 8. The van der Waals surface area contributed by atoms with Gasteiger partial charge in [0, 0.05) is 51.1 Å². The van der Waals surface area contributed by atoms with Gasteiger partial charge in [-0.2, -0.15) is 4.72 Å². The van der Waals surface area contributed by atoms with Gasteiger partial charge in [0.2, 0.25) is 10.0 Å². The van der Waals surface area contributed by atoms with Crippen LogP contribution in [0.3, 0.4) is 0 Å². The van der Waals surface area contributed by atoms with Gasteiger partial charge in [0.15, 0.2) is 0 Å². The number of sulfonamides is 1. The van der Waals surface area contributed by atoms with E-state index in [-0.39, 0.29) is 24.5 Å². The number of ether oxygens (including phenoxy) is 1. The molecule has 1 unspecified atom stereocenters. The van der Waals surface area contributed by atoms with Gasteiger partial charge in [-0.1, -0.05) is 6.07 Å². The number of aliphatic hydroxyl groups excluding tert-OH is 1. The molecule has 3 N–H and O–H groups in total. The quantitative estimate of drug-likeness (QED) is 0.386. The number of likely N-dealkylation sites (N-methyl/N-ethyl adjacent to an activating group) is 1. The molecule has 1 aliphatic rings. The molecule has 1 saturated heterocycles. The van der Waals surface area contributed by atoms with E-state index in [1.165, 1.54) is 17.0 Å². The molecule has 0 bridgehead atoms. The molecule has 12 heteroatoms. The number of carbonyl (C=O) groups is 2. The van der Waals surface area contributed by atoms with E-state index in [9.17, 15) is 23.1 Å². The lowest BCUT2D eigenvalue weighted by Gasteiger charge is -2.22. The summed E-state index contributed by atoms with van der Waals surface area (Å²) in [4.78, 5) is 30.3. The largest absolute Gasteiger partial charge is 0.464 e. The van der Waals surface area contributed by atoms with Gasteiger partial charge in [0.05, 0.1) is 11.5 Å². The number of imidazole rings is 1. The lowest BCUT2D eigenvalue weighted by atomic mass is 10.2. The number of anilines is 1. The third-order valence-electron chi connectivity index (χ3n) is 5.49. The summed E-state index contributed by atoms with van der Waals surface area (Å²) in [6.45, 7) is 1.96. The van der Waals surface area contributed by atoms with Gasteiger partial charge in [-0.25, -0.2) is 13.4 Å². The predicted molar refractivity (Wildman–Crippen MR) is 120 cm³/mol. The molecular weight excluding hydrogens is 450 g/mol. The summed E-state index contributed by atoms with van der Waals surface area (Å²) in [5.74, 6) is -0.443. The molecule has 180 valence electrons. The predicted octanol–water partition coefficient (Wildman–Crippen LogP) is -0.522. The van der Waals surface area contributed by atoms with Gasteiger partial charge in [-0.3, -0.25) is 9.59 Å². The molecule has 1 fully saturated rings. The molecule has 0 spiro atoms. The van der Waals surface area contributed by atoms with Crippen LogP contribution in [-0.2, 0) is 37.8 Å². The monoisotopic (exact) mass is 479 g/mol. The summed E-state index contributed by atoms with van der Waals surface area (Å²) in [5.41, 5.74) is 0.751. The maximum absolute atomic E-state index is 13.1. The lowest BCUT2D eigenvalue weighted by molar-refractivity contribution is -0.145. The second-order valence-electron chi connectivity index (χ2n) is 7.80. The van der Waals surface area contributed by atoms with Crippen molar-refractivity contribution in [1.82, 2.24) is 19.6 Å². The summed E-state index contributed by atoms with van der Waals surface area (Å²) in [7, 11) is -0.699. The minimum Gasteiger partial charge on any atom is -0.464 e. The van der Waals surface area contributed by atoms with Crippen LogP contribution in [0.4, 0.5) is 5.69 Å². The number of benzene rings is 1. The number of rotatable bonds is 10. The van der Waals surface area contributed by atoms with E-state index >= 15 is 0 Å². The minimum absolute atomic E-state index is 0.0238. The van der Waals surface area contributed by atoms with E-state index in [0.29, 0.717) is 24.2 Å². The number of aryl methyl sites for hydroxylation is 1. The Morgan fingerprint density at radius 2 is 2.15 bits per heavy atom. The zero-order valence-electron chi connectivity index (χ0n) is 18.8. The molecule has 3 rings (SSSR count). The molecule has 2 heterocycles. The first-order valence-electron chi connectivity index (χ1n) is 10.5.